The lowest BCUT2D eigenvalue weighted by molar-refractivity contribution is -0.117. The van der Waals surface area contributed by atoms with Crippen LogP contribution in [-0.2, 0) is 21.4 Å². The van der Waals surface area contributed by atoms with Crippen molar-refractivity contribution in [3.63, 3.8) is 0 Å². The number of sulfonamides is 1. The summed E-state index contributed by atoms with van der Waals surface area (Å²) >= 11 is 6.11. The summed E-state index contributed by atoms with van der Waals surface area (Å²) in [5.41, 5.74) is 2.20. The van der Waals surface area contributed by atoms with Gasteiger partial charge >= 0.3 is 0 Å². The largest absolute Gasteiger partial charge is 0.377 e. The van der Waals surface area contributed by atoms with Crippen LogP contribution in [-0.4, -0.2) is 38.8 Å². The Morgan fingerprint density at radius 3 is 2.24 bits per heavy atom. The van der Waals surface area contributed by atoms with Gasteiger partial charge in [0, 0.05) is 49.5 Å². The third-order valence-corrected chi connectivity index (χ3v) is 7.85. The summed E-state index contributed by atoms with van der Waals surface area (Å²) in [7, 11) is 0.00473. The Kier molecular flexibility index (Phi) is 9.19. The Bertz CT molecular complexity index is 1110. The average molecular weight is 508 g/mol. The fraction of sp³-hybridized carbons (Fsp3) is 0.500. The maximum Gasteiger partial charge on any atom is 0.243 e. The molecule has 0 heterocycles. The summed E-state index contributed by atoms with van der Waals surface area (Å²) < 4.78 is 29.0. The Labute approximate surface area is 210 Å². The van der Waals surface area contributed by atoms with Crippen molar-refractivity contribution in [2.24, 2.45) is 11.3 Å². The van der Waals surface area contributed by atoms with E-state index in [0.29, 0.717) is 17.1 Å². The Morgan fingerprint density at radius 2 is 1.71 bits per heavy atom. The van der Waals surface area contributed by atoms with E-state index in [1.807, 2.05) is 78.7 Å². The summed E-state index contributed by atoms with van der Waals surface area (Å²) in [6, 6.07) is 11.7. The van der Waals surface area contributed by atoms with Gasteiger partial charge in [-0.25, -0.2) is 8.42 Å². The van der Waals surface area contributed by atoms with Gasteiger partial charge in [-0.3, -0.25) is 4.79 Å². The van der Waals surface area contributed by atoms with E-state index in [2.05, 4.69) is 5.32 Å². The normalized spacial score (nSPS) is 13.3. The van der Waals surface area contributed by atoms with Crippen LogP contribution in [0.2, 0.25) is 5.02 Å². The molecule has 1 atom stereocenters. The standard InChI is InChI=1S/C26H38ClN3O3S/c1-18(2)19(3)30(34(32,33)23-11-9-10-21(27)15-23)17-20-14-22(12-13-24(20)29(7)8)28-25(31)16-26(4,5)6/h9-15,18-19H,16-17H2,1-8H3,(H,28,31). The van der Waals surface area contributed by atoms with Crippen LogP contribution in [0.3, 0.4) is 0 Å². The van der Waals surface area contributed by atoms with Crippen molar-refractivity contribution in [1.82, 2.24) is 4.31 Å². The molecular formula is C26H38ClN3O3S. The van der Waals surface area contributed by atoms with Crippen LogP contribution in [0.25, 0.3) is 0 Å². The Morgan fingerprint density at radius 1 is 1.06 bits per heavy atom. The highest BCUT2D eigenvalue weighted by molar-refractivity contribution is 7.89. The van der Waals surface area contributed by atoms with E-state index in [1.165, 1.54) is 10.4 Å². The molecule has 1 unspecified atom stereocenters. The van der Waals surface area contributed by atoms with Crippen LogP contribution in [0, 0.1) is 11.3 Å². The summed E-state index contributed by atoms with van der Waals surface area (Å²) in [6.07, 6.45) is 0.386. The summed E-state index contributed by atoms with van der Waals surface area (Å²) in [6.45, 7) is 12.1. The molecule has 0 spiro atoms. The van der Waals surface area contributed by atoms with Crippen molar-refractivity contribution in [1.29, 1.82) is 0 Å². The number of halogens is 1. The molecule has 0 fully saturated rings. The number of benzene rings is 2. The second-order valence-corrected chi connectivity index (χ2v) is 12.8. The van der Waals surface area contributed by atoms with Gasteiger partial charge in [-0.2, -0.15) is 4.31 Å². The molecule has 188 valence electrons. The number of nitrogens with zero attached hydrogens (tertiary/aromatic N) is 2. The zero-order valence-electron chi connectivity index (χ0n) is 21.5. The monoisotopic (exact) mass is 507 g/mol. The molecule has 0 saturated carbocycles. The molecule has 0 bridgehead atoms. The number of carbonyl (C=O) groups excluding carboxylic acids is 1. The highest BCUT2D eigenvalue weighted by Crippen LogP contribution is 2.31. The van der Waals surface area contributed by atoms with E-state index in [-0.39, 0.29) is 34.7 Å². The molecule has 0 aliphatic rings. The minimum atomic E-state index is -3.83. The fourth-order valence-corrected chi connectivity index (χ4v) is 5.67. The predicted molar refractivity (Wildman–Crippen MR) is 142 cm³/mol. The fourth-order valence-electron chi connectivity index (χ4n) is 3.62. The van der Waals surface area contributed by atoms with Crippen molar-refractivity contribution in [2.45, 2.75) is 65.4 Å². The molecule has 1 amide bonds. The zero-order valence-corrected chi connectivity index (χ0v) is 23.1. The van der Waals surface area contributed by atoms with Crippen LogP contribution in [0.5, 0.6) is 0 Å². The van der Waals surface area contributed by atoms with E-state index < -0.39 is 10.0 Å². The first-order chi connectivity index (χ1) is 15.6. The zero-order chi connectivity index (χ0) is 25.8. The highest BCUT2D eigenvalue weighted by Gasteiger charge is 2.32. The van der Waals surface area contributed by atoms with Crippen molar-refractivity contribution in [3.05, 3.63) is 53.1 Å². The van der Waals surface area contributed by atoms with Gasteiger partial charge < -0.3 is 10.2 Å². The maximum absolute atomic E-state index is 13.7. The summed E-state index contributed by atoms with van der Waals surface area (Å²) in [5, 5.41) is 3.34. The topological polar surface area (TPSA) is 69.7 Å². The van der Waals surface area contributed by atoms with E-state index in [1.54, 1.807) is 18.2 Å². The lowest BCUT2D eigenvalue weighted by Gasteiger charge is -2.32. The molecule has 2 rings (SSSR count). The van der Waals surface area contributed by atoms with Crippen molar-refractivity contribution < 1.29 is 13.2 Å². The molecule has 8 heteroatoms. The summed E-state index contributed by atoms with van der Waals surface area (Å²) in [5.74, 6) is 0.0152. The maximum atomic E-state index is 13.7. The van der Waals surface area contributed by atoms with Crippen LogP contribution >= 0.6 is 11.6 Å². The molecule has 2 aromatic carbocycles. The smallest absolute Gasteiger partial charge is 0.243 e. The van der Waals surface area contributed by atoms with Gasteiger partial charge in [0.1, 0.15) is 0 Å². The molecule has 0 radical (unpaired) electrons. The second kappa shape index (κ2) is 11.1. The lowest BCUT2D eigenvalue weighted by Crippen LogP contribution is -2.41. The minimum absolute atomic E-state index is 0.0741. The minimum Gasteiger partial charge on any atom is -0.377 e. The van der Waals surface area contributed by atoms with Gasteiger partial charge in [0.15, 0.2) is 0 Å². The van der Waals surface area contributed by atoms with Gasteiger partial charge in [0.05, 0.1) is 4.90 Å². The van der Waals surface area contributed by atoms with Crippen LogP contribution < -0.4 is 10.2 Å². The molecule has 0 saturated heterocycles. The van der Waals surface area contributed by atoms with Gasteiger partial charge in [-0.05, 0) is 60.2 Å². The van der Waals surface area contributed by atoms with E-state index >= 15 is 0 Å². The predicted octanol–water partition coefficient (Wildman–Crippen LogP) is 6.02. The third-order valence-electron chi connectivity index (χ3n) is 5.68. The van der Waals surface area contributed by atoms with Crippen molar-refractivity contribution in [3.8, 4) is 0 Å². The number of amides is 1. The van der Waals surface area contributed by atoms with Gasteiger partial charge in [-0.15, -0.1) is 0 Å². The first kappa shape index (κ1) is 28.1. The first-order valence-electron chi connectivity index (χ1n) is 11.5. The Hall–Kier alpha value is -2.09. The quantitative estimate of drug-likeness (QED) is 0.450. The Balaban J connectivity index is 2.51. The number of hydrogen-bond donors (Lipinski definition) is 1. The van der Waals surface area contributed by atoms with E-state index in [9.17, 15) is 13.2 Å². The molecule has 34 heavy (non-hydrogen) atoms. The van der Waals surface area contributed by atoms with Crippen LogP contribution in [0.4, 0.5) is 11.4 Å². The average Bonchev–Trinajstić information content (AvgIpc) is 2.69. The van der Waals surface area contributed by atoms with E-state index in [4.69, 9.17) is 11.6 Å². The lowest BCUT2D eigenvalue weighted by atomic mass is 9.92. The molecule has 1 N–H and O–H groups in total. The van der Waals surface area contributed by atoms with Crippen molar-refractivity contribution in [2.75, 3.05) is 24.3 Å². The number of nitrogens with one attached hydrogen (secondary N) is 1. The first-order valence-corrected chi connectivity index (χ1v) is 13.3. The number of carbonyl (C=O) groups is 1. The number of hydrogen-bond acceptors (Lipinski definition) is 4. The van der Waals surface area contributed by atoms with Crippen molar-refractivity contribution >= 4 is 38.9 Å². The van der Waals surface area contributed by atoms with Gasteiger partial charge in [-0.1, -0.05) is 52.3 Å². The van der Waals surface area contributed by atoms with Crippen LogP contribution in [0.15, 0.2) is 47.4 Å². The molecule has 0 aromatic heterocycles. The molecule has 0 aliphatic heterocycles. The van der Waals surface area contributed by atoms with Gasteiger partial charge in [0.2, 0.25) is 15.9 Å². The summed E-state index contributed by atoms with van der Waals surface area (Å²) in [4.78, 5) is 14.6. The molecule has 6 nitrogen and oxygen atoms in total. The highest BCUT2D eigenvalue weighted by atomic mass is 35.5. The van der Waals surface area contributed by atoms with E-state index in [0.717, 1.165) is 11.3 Å². The van der Waals surface area contributed by atoms with Gasteiger partial charge in [0.25, 0.3) is 0 Å². The molecule has 0 aliphatic carbocycles. The number of anilines is 2. The molecular weight excluding hydrogens is 470 g/mol. The third kappa shape index (κ3) is 7.45. The van der Waals surface area contributed by atoms with Crippen LogP contribution in [0.1, 0.15) is 53.5 Å². The number of rotatable bonds is 9. The second-order valence-electron chi connectivity index (χ2n) is 10.5. The SMILES string of the molecule is CC(C)C(C)N(Cc1cc(NC(=O)CC(C)(C)C)ccc1N(C)C)S(=O)(=O)c1cccc(Cl)c1. The molecule has 2 aromatic rings.